The van der Waals surface area contributed by atoms with Crippen molar-refractivity contribution in [1.82, 2.24) is 24.8 Å². The zero-order valence-electron chi connectivity index (χ0n) is 35.5. The highest BCUT2D eigenvalue weighted by Gasteiger charge is 2.33. The Bertz CT molecular complexity index is 2980. The van der Waals surface area contributed by atoms with Crippen LogP contribution in [0.1, 0.15) is 55.3 Å². The zero-order valence-corrected chi connectivity index (χ0v) is 37.1. The molecule has 5 heterocycles. The predicted octanol–water partition coefficient (Wildman–Crippen LogP) is 9.75. The molecule has 7 aromatic rings. The van der Waals surface area contributed by atoms with Crippen molar-refractivity contribution < 1.29 is 55.0 Å². The van der Waals surface area contributed by atoms with Crippen LogP contribution in [0, 0.1) is 34.9 Å². The molecule has 69 heavy (non-hydrogen) atoms. The van der Waals surface area contributed by atoms with Crippen molar-refractivity contribution in [2.75, 3.05) is 22.1 Å². The lowest BCUT2D eigenvalue weighted by molar-refractivity contribution is 0.101. The molecular weight excluding hydrogens is 951 g/mol. The van der Waals surface area contributed by atoms with Crippen molar-refractivity contribution >= 4 is 58.9 Å². The first-order valence-corrected chi connectivity index (χ1v) is 22.3. The molecule has 2 aliphatic rings. The van der Waals surface area contributed by atoms with E-state index in [9.17, 15) is 45.5 Å². The van der Waals surface area contributed by atoms with Gasteiger partial charge in [-0.25, -0.2) is 45.5 Å². The van der Waals surface area contributed by atoms with Gasteiger partial charge in [-0.2, -0.15) is 0 Å². The number of fused-ring (bicyclic) bond motifs is 2. The summed E-state index contributed by atoms with van der Waals surface area (Å²) >= 11 is 2.50. The molecule has 0 radical (unpaired) electrons. The first kappa shape index (κ1) is 49.2. The second-order valence-corrected chi connectivity index (χ2v) is 16.6. The molecule has 3 aromatic heterocycles. The largest absolute Gasteiger partial charge is 0.443 e. The summed E-state index contributed by atoms with van der Waals surface area (Å²) in [5, 5.41) is 7.54. The van der Waals surface area contributed by atoms with Gasteiger partial charge in [-0.15, -0.1) is 23.5 Å². The predicted molar refractivity (Wildman–Crippen MR) is 242 cm³/mol. The fourth-order valence-electron chi connectivity index (χ4n) is 6.52. The van der Waals surface area contributed by atoms with Gasteiger partial charge in [0, 0.05) is 86.8 Å². The Morgan fingerprint density at radius 2 is 1.14 bits per heavy atom. The summed E-state index contributed by atoms with van der Waals surface area (Å²) in [6.07, 6.45) is 6.45. The molecule has 4 aromatic carbocycles. The van der Waals surface area contributed by atoms with Crippen molar-refractivity contribution in [3.05, 3.63) is 197 Å². The van der Waals surface area contributed by atoms with Gasteiger partial charge >= 0.3 is 12.2 Å². The molecule has 0 aliphatic carbocycles. The van der Waals surface area contributed by atoms with Crippen molar-refractivity contribution in [2.24, 2.45) is 5.73 Å². The van der Waals surface area contributed by atoms with Crippen LogP contribution in [0.2, 0.25) is 0 Å². The van der Waals surface area contributed by atoms with Crippen molar-refractivity contribution in [3.8, 4) is 0 Å². The van der Waals surface area contributed by atoms with Crippen molar-refractivity contribution in [2.45, 2.75) is 35.1 Å². The van der Waals surface area contributed by atoms with Gasteiger partial charge in [-0.1, -0.05) is 12.1 Å². The molecule has 0 saturated carbocycles. The highest BCUT2D eigenvalue weighted by Crippen LogP contribution is 2.43. The number of carbonyl (C=O) groups excluding carboxylic acids is 4. The number of nitrogens with two attached hydrogens (primary N) is 1. The van der Waals surface area contributed by atoms with Gasteiger partial charge in [0.1, 0.15) is 31.2 Å². The second kappa shape index (κ2) is 22.9. The summed E-state index contributed by atoms with van der Waals surface area (Å²) in [7, 11) is 0. The van der Waals surface area contributed by atoms with Crippen LogP contribution in [0.5, 0.6) is 0 Å². The molecule has 0 bridgehead atoms. The average molecular weight is 987 g/mol. The van der Waals surface area contributed by atoms with E-state index >= 15 is 0 Å². The molecule has 3 amide bonds. The third-order valence-corrected chi connectivity index (χ3v) is 12.3. The molecule has 2 aliphatic heterocycles. The van der Waals surface area contributed by atoms with E-state index in [4.69, 9.17) is 15.2 Å². The minimum Gasteiger partial charge on any atom is -0.443 e. The number of hydrogen-bond donors (Lipinski definition) is 4. The number of anilines is 2. The summed E-state index contributed by atoms with van der Waals surface area (Å²) in [5.41, 5.74) is 8.18. The molecule has 0 fully saturated rings. The number of alkyl carbamates (subject to hydrolysis) is 1. The number of nitrogens with zero attached hydrogens (tertiary/aromatic N) is 4. The van der Waals surface area contributed by atoms with Crippen LogP contribution < -0.4 is 21.7 Å². The van der Waals surface area contributed by atoms with Crippen molar-refractivity contribution in [3.63, 3.8) is 0 Å². The highest BCUT2D eigenvalue weighted by atomic mass is 32.2. The standard InChI is InChI=1S/C22H16F3N3O3S.C15H11F3N2OS.C10H9N3O2/c23-15-6-4-12(9-17(15)25)27-21(29)14-5-7-16(24)19-18(11-32-20(14)19)28-22(30)31-10-13-3-1-2-8-26-13;16-9-3-1-7(5-11(9)18)20-15(21)8-2-4-10(17)13-12(19)6-22-14(8)13;14-10(13-6-5-11-8-13)15-7-9-3-1-2-4-12-9/h1-9,18H,10-11H2,(H,27,29)(H,28,30);1-5,12H,6,19H2,(H,20,21);1-6,8H,7H2. The Kier molecular flexibility index (Phi) is 16.3. The number of hydrogen-bond acceptors (Lipinski definition) is 12. The number of benzene rings is 4. The monoisotopic (exact) mass is 986 g/mol. The Labute approximate surface area is 397 Å². The summed E-state index contributed by atoms with van der Waals surface area (Å²) in [5.74, 6) is -5.58. The number of rotatable bonds is 9. The number of amides is 3. The number of imidazole rings is 1. The summed E-state index contributed by atoms with van der Waals surface area (Å²) in [4.78, 5) is 61.2. The van der Waals surface area contributed by atoms with E-state index < -0.39 is 71.0 Å². The SMILES string of the molecule is NC1CSc2c(C(=O)Nc3ccc(F)c(F)c3)ccc(F)c21.O=C(NC1CSc2c(C(=O)Nc3ccc(F)c(F)c3)ccc(F)c21)OCc1ccccn1.O=C(OCc1ccccn1)n1ccnc1. The van der Waals surface area contributed by atoms with Crippen LogP contribution in [0.25, 0.3) is 0 Å². The van der Waals surface area contributed by atoms with E-state index in [0.29, 0.717) is 38.2 Å². The lowest BCUT2D eigenvalue weighted by atomic mass is 10.0. The molecule has 22 heteroatoms. The van der Waals surface area contributed by atoms with E-state index in [0.717, 1.165) is 30.3 Å². The van der Waals surface area contributed by atoms with Gasteiger partial charge in [-0.05, 0) is 72.8 Å². The summed E-state index contributed by atoms with van der Waals surface area (Å²) < 4.78 is 92.3. The Hall–Kier alpha value is -7.69. The minimum atomic E-state index is -1.10. The molecule has 2 atom stereocenters. The second-order valence-electron chi connectivity index (χ2n) is 14.5. The number of nitrogens with one attached hydrogen (secondary N) is 3. The normalized spacial score (nSPS) is 14.1. The van der Waals surface area contributed by atoms with Gasteiger partial charge in [0.15, 0.2) is 23.3 Å². The van der Waals surface area contributed by atoms with E-state index in [1.54, 1.807) is 42.7 Å². The minimum absolute atomic E-state index is 0.0431. The maximum absolute atomic E-state index is 14.6. The molecule has 14 nitrogen and oxygen atoms in total. The van der Waals surface area contributed by atoms with Gasteiger partial charge < -0.3 is 31.2 Å². The van der Waals surface area contributed by atoms with Crippen LogP contribution in [0.4, 0.5) is 47.3 Å². The van der Waals surface area contributed by atoms with Crippen LogP contribution in [0.15, 0.2) is 138 Å². The first-order chi connectivity index (χ1) is 33.2. The molecular formula is C47H36F6N8O6S2. The van der Waals surface area contributed by atoms with Crippen molar-refractivity contribution in [1.29, 1.82) is 0 Å². The Morgan fingerprint density at radius 3 is 1.67 bits per heavy atom. The molecule has 2 unspecified atom stereocenters. The topological polar surface area (TPSA) is 192 Å². The van der Waals surface area contributed by atoms with Crippen LogP contribution in [-0.4, -0.2) is 55.0 Å². The zero-order chi connectivity index (χ0) is 49.0. The van der Waals surface area contributed by atoms with Crippen LogP contribution >= 0.6 is 23.5 Å². The smallest absolute Gasteiger partial charge is 0.419 e. The van der Waals surface area contributed by atoms with Gasteiger partial charge in [0.2, 0.25) is 0 Å². The lowest BCUT2D eigenvalue weighted by Crippen LogP contribution is -2.29. The third-order valence-electron chi connectivity index (χ3n) is 9.81. The molecule has 0 saturated heterocycles. The van der Waals surface area contributed by atoms with E-state index in [1.807, 2.05) is 6.07 Å². The number of pyridine rings is 2. The molecule has 354 valence electrons. The molecule has 0 spiro atoms. The van der Waals surface area contributed by atoms with Crippen LogP contribution in [-0.2, 0) is 22.7 Å². The maximum atomic E-state index is 14.6. The van der Waals surface area contributed by atoms with Crippen LogP contribution in [0.3, 0.4) is 0 Å². The number of thioether (sulfide) groups is 2. The van der Waals surface area contributed by atoms with E-state index in [2.05, 4.69) is 30.9 Å². The number of aromatic nitrogens is 4. The fourth-order valence-corrected chi connectivity index (χ4v) is 9.05. The van der Waals surface area contributed by atoms with Gasteiger partial charge in [0.05, 0.1) is 28.6 Å². The van der Waals surface area contributed by atoms with Gasteiger partial charge in [-0.3, -0.25) is 19.6 Å². The first-order valence-electron chi connectivity index (χ1n) is 20.3. The summed E-state index contributed by atoms with van der Waals surface area (Å²) in [6.45, 7) is 0.121. The van der Waals surface area contributed by atoms with E-state index in [-0.39, 0.29) is 41.3 Å². The van der Waals surface area contributed by atoms with Gasteiger partial charge in [0.25, 0.3) is 11.8 Å². The Morgan fingerprint density at radius 1 is 0.623 bits per heavy atom. The number of halogens is 6. The lowest BCUT2D eigenvalue weighted by Gasteiger charge is -2.15. The Balaban J connectivity index is 0.000000164. The third kappa shape index (κ3) is 12.7. The number of ether oxygens (including phenoxy) is 2. The number of carbonyl (C=O) groups is 4. The fraction of sp³-hybridized carbons (Fsp3) is 0.128. The maximum Gasteiger partial charge on any atom is 0.419 e. The van der Waals surface area contributed by atoms with E-state index in [1.165, 1.54) is 77.1 Å². The summed E-state index contributed by atoms with van der Waals surface area (Å²) in [6, 6.07) is 20.5. The highest BCUT2D eigenvalue weighted by molar-refractivity contribution is 8.00. The molecule has 9 rings (SSSR count). The quantitative estimate of drug-likeness (QED) is 0.100. The average Bonchev–Trinajstić information content (AvgIpc) is 4.13. The molecule has 5 N–H and O–H groups in total.